The number of methoxy groups -OCH3 is 1. The summed E-state index contributed by atoms with van der Waals surface area (Å²) in [6.07, 6.45) is 3.49. The molecule has 0 unspecified atom stereocenters. The Kier molecular flexibility index (Phi) is 5.80. The molecule has 0 fully saturated rings. The number of nitrogens with zero attached hydrogens (tertiary/aromatic N) is 3. The molecule has 6 heteroatoms. The summed E-state index contributed by atoms with van der Waals surface area (Å²) in [6, 6.07) is 27.6. The quantitative estimate of drug-likeness (QED) is 0.458. The van der Waals surface area contributed by atoms with E-state index >= 15 is 0 Å². The number of hydrogen-bond acceptors (Lipinski definition) is 6. The Labute approximate surface area is 192 Å². The highest BCUT2D eigenvalue weighted by molar-refractivity contribution is 6.18. The van der Waals surface area contributed by atoms with Crippen molar-refractivity contribution in [1.29, 1.82) is 0 Å². The van der Waals surface area contributed by atoms with Crippen LogP contribution in [0.15, 0.2) is 107 Å². The predicted octanol–water partition coefficient (Wildman–Crippen LogP) is 5.10. The Morgan fingerprint density at radius 1 is 0.818 bits per heavy atom. The van der Waals surface area contributed by atoms with Gasteiger partial charge in [-0.1, -0.05) is 48.5 Å². The van der Waals surface area contributed by atoms with Crippen molar-refractivity contribution in [3.63, 3.8) is 0 Å². The van der Waals surface area contributed by atoms with E-state index in [-0.39, 0.29) is 0 Å². The van der Waals surface area contributed by atoms with E-state index in [9.17, 15) is 0 Å². The van der Waals surface area contributed by atoms with Crippen molar-refractivity contribution in [1.82, 2.24) is 10.4 Å². The molecule has 0 atom stereocenters. The Bertz CT molecular complexity index is 1320. The second-order valence-electron chi connectivity index (χ2n) is 7.43. The summed E-state index contributed by atoms with van der Waals surface area (Å²) in [6.45, 7) is 0.462. The van der Waals surface area contributed by atoms with Crippen LogP contribution < -0.4 is 14.9 Å². The lowest BCUT2D eigenvalue weighted by Crippen LogP contribution is -2.19. The largest absolute Gasteiger partial charge is 0.493 e. The molecule has 1 aliphatic rings. The number of hydrogen-bond donors (Lipinski definition) is 1. The number of pyridine rings is 1. The van der Waals surface area contributed by atoms with Gasteiger partial charge in [0.1, 0.15) is 12.3 Å². The van der Waals surface area contributed by atoms with Crippen LogP contribution in [0.5, 0.6) is 11.5 Å². The van der Waals surface area contributed by atoms with Crippen molar-refractivity contribution in [2.75, 3.05) is 7.11 Å². The highest BCUT2D eigenvalue weighted by Crippen LogP contribution is 2.32. The van der Waals surface area contributed by atoms with E-state index in [1.807, 2.05) is 84.9 Å². The van der Waals surface area contributed by atoms with Crippen molar-refractivity contribution in [2.24, 2.45) is 10.1 Å². The topological polar surface area (TPSA) is 68.1 Å². The minimum Gasteiger partial charge on any atom is -0.493 e. The first-order valence-electron chi connectivity index (χ1n) is 10.6. The van der Waals surface area contributed by atoms with Gasteiger partial charge in [-0.15, -0.1) is 0 Å². The van der Waals surface area contributed by atoms with Gasteiger partial charge in [0.15, 0.2) is 17.3 Å². The molecular formula is C27H22N4O2. The van der Waals surface area contributed by atoms with Crippen molar-refractivity contribution >= 4 is 17.2 Å². The molecule has 33 heavy (non-hydrogen) atoms. The minimum atomic E-state index is 0.462. The van der Waals surface area contributed by atoms with E-state index in [4.69, 9.17) is 19.6 Å². The summed E-state index contributed by atoms with van der Waals surface area (Å²) < 4.78 is 11.7. The van der Waals surface area contributed by atoms with Crippen LogP contribution in [-0.2, 0) is 6.61 Å². The minimum absolute atomic E-state index is 0.462. The van der Waals surface area contributed by atoms with Crippen LogP contribution in [0.4, 0.5) is 5.69 Å². The molecule has 0 spiro atoms. The normalized spacial score (nSPS) is 12.5. The Morgan fingerprint density at radius 3 is 2.48 bits per heavy atom. The Morgan fingerprint density at radius 2 is 1.67 bits per heavy atom. The molecule has 0 amide bonds. The molecule has 1 aromatic heterocycles. The number of benzene rings is 3. The van der Waals surface area contributed by atoms with E-state index in [1.165, 1.54) is 0 Å². The van der Waals surface area contributed by atoms with Gasteiger partial charge in [0, 0.05) is 29.1 Å². The number of fused-ring (bicyclic) bond motifs is 1. The zero-order valence-electron chi connectivity index (χ0n) is 18.1. The van der Waals surface area contributed by atoms with Gasteiger partial charge in [0.05, 0.1) is 12.8 Å². The number of amidine groups is 1. The first-order chi connectivity index (χ1) is 16.3. The van der Waals surface area contributed by atoms with Crippen LogP contribution in [0.1, 0.15) is 22.3 Å². The maximum atomic E-state index is 6.02. The van der Waals surface area contributed by atoms with Crippen molar-refractivity contribution in [3.05, 3.63) is 120 Å². The van der Waals surface area contributed by atoms with Gasteiger partial charge in [-0.25, -0.2) is 4.99 Å². The van der Waals surface area contributed by atoms with Gasteiger partial charge in [0.25, 0.3) is 0 Å². The van der Waals surface area contributed by atoms with Crippen LogP contribution in [0.2, 0.25) is 0 Å². The van der Waals surface area contributed by atoms with Gasteiger partial charge in [-0.05, 0) is 42.0 Å². The zero-order chi connectivity index (χ0) is 22.5. The molecule has 0 bridgehead atoms. The molecule has 6 nitrogen and oxygen atoms in total. The number of para-hydroxylation sites is 1. The smallest absolute Gasteiger partial charge is 0.161 e. The second-order valence-corrected chi connectivity index (χ2v) is 7.43. The molecule has 5 rings (SSSR count). The SMILES string of the molecule is COc1cc(C2=NNC(c3cccnc3)=Nc3ccccc32)ccc1OCc1ccccc1. The maximum Gasteiger partial charge on any atom is 0.161 e. The molecule has 162 valence electrons. The standard InChI is InChI=1S/C27H22N4O2/c1-32-25-16-20(13-14-24(25)33-18-19-8-3-2-4-9-19)26-22-11-5-6-12-23(22)29-27(31-30-26)21-10-7-15-28-17-21/h2-17H,18H2,1H3,(H,29,31). The number of rotatable bonds is 6. The summed E-state index contributed by atoms with van der Waals surface area (Å²) in [5.74, 6) is 1.95. The molecule has 4 aromatic rings. The monoisotopic (exact) mass is 434 g/mol. The Balaban J connectivity index is 1.48. The molecule has 1 aliphatic heterocycles. The van der Waals surface area contributed by atoms with Gasteiger partial charge >= 0.3 is 0 Å². The third kappa shape index (κ3) is 4.45. The van der Waals surface area contributed by atoms with Gasteiger partial charge < -0.3 is 9.47 Å². The van der Waals surface area contributed by atoms with Crippen LogP contribution in [0.3, 0.4) is 0 Å². The molecule has 0 saturated heterocycles. The summed E-state index contributed by atoms with van der Waals surface area (Å²) in [5, 5.41) is 4.70. The van der Waals surface area contributed by atoms with E-state index < -0.39 is 0 Å². The average molecular weight is 434 g/mol. The summed E-state index contributed by atoms with van der Waals surface area (Å²) >= 11 is 0. The number of hydrazone groups is 1. The number of aliphatic imine (C=N–C) groups is 1. The van der Waals surface area contributed by atoms with Crippen molar-refractivity contribution < 1.29 is 9.47 Å². The van der Waals surface area contributed by atoms with Crippen molar-refractivity contribution in [2.45, 2.75) is 6.61 Å². The lowest BCUT2D eigenvalue weighted by atomic mass is 10.0. The molecule has 1 N–H and O–H groups in total. The average Bonchev–Trinajstić information content (AvgIpc) is 3.08. The number of aromatic nitrogens is 1. The fraction of sp³-hybridized carbons (Fsp3) is 0.0741. The van der Waals surface area contributed by atoms with E-state index in [2.05, 4.69) is 10.4 Å². The lowest BCUT2D eigenvalue weighted by molar-refractivity contribution is 0.284. The first-order valence-corrected chi connectivity index (χ1v) is 10.6. The second kappa shape index (κ2) is 9.36. The van der Waals surface area contributed by atoms with Crippen LogP contribution in [0, 0.1) is 0 Å². The number of nitrogens with one attached hydrogen (secondary N) is 1. The van der Waals surface area contributed by atoms with Crippen LogP contribution in [0.25, 0.3) is 0 Å². The molecule has 0 radical (unpaired) electrons. The van der Waals surface area contributed by atoms with E-state index in [0.29, 0.717) is 23.9 Å². The fourth-order valence-corrected chi connectivity index (χ4v) is 3.61. The molecule has 3 aromatic carbocycles. The van der Waals surface area contributed by atoms with Gasteiger partial charge in [-0.3, -0.25) is 10.4 Å². The lowest BCUT2D eigenvalue weighted by Gasteiger charge is -2.14. The molecular weight excluding hydrogens is 412 g/mol. The summed E-state index contributed by atoms with van der Waals surface area (Å²) in [5.41, 5.74) is 8.47. The highest BCUT2D eigenvalue weighted by Gasteiger charge is 2.18. The molecule has 0 saturated carbocycles. The zero-order valence-corrected chi connectivity index (χ0v) is 18.1. The summed E-state index contributed by atoms with van der Waals surface area (Å²) in [7, 11) is 1.64. The fourth-order valence-electron chi connectivity index (χ4n) is 3.61. The molecule has 0 aliphatic carbocycles. The number of ether oxygens (including phenoxy) is 2. The van der Waals surface area contributed by atoms with E-state index in [0.717, 1.165) is 33.7 Å². The highest BCUT2D eigenvalue weighted by atomic mass is 16.5. The van der Waals surface area contributed by atoms with E-state index in [1.54, 1.807) is 19.5 Å². The first kappa shape index (κ1) is 20.5. The van der Waals surface area contributed by atoms with Gasteiger partial charge in [-0.2, -0.15) is 5.10 Å². The van der Waals surface area contributed by atoms with Crippen LogP contribution in [-0.4, -0.2) is 23.6 Å². The molecule has 2 heterocycles. The predicted molar refractivity (Wildman–Crippen MR) is 129 cm³/mol. The van der Waals surface area contributed by atoms with Gasteiger partial charge in [0.2, 0.25) is 0 Å². The third-order valence-electron chi connectivity index (χ3n) is 5.27. The third-order valence-corrected chi connectivity index (χ3v) is 5.27. The Hall–Kier alpha value is -4.45. The summed E-state index contributed by atoms with van der Waals surface area (Å²) in [4.78, 5) is 9.00. The maximum absolute atomic E-state index is 6.02. The van der Waals surface area contributed by atoms with Crippen molar-refractivity contribution in [3.8, 4) is 11.5 Å². The van der Waals surface area contributed by atoms with Crippen LogP contribution >= 0.6 is 0 Å².